The molecule has 1 atom stereocenters. The lowest BCUT2D eigenvalue weighted by atomic mass is 9.94. The third-order valence-corrected chi connectivity index (χ3v) is 5.79. The van der Waals surface area contributed by atoms with Crippen molar-refractivity contribution < 1.29 is 0 Å². The molecule has 0 saturated heterocycles. The van der Waals surface area contributed by atoms with E-state index in [2.05, 4.69) is 59.8 Å². The lowest BCUT2D eigenvalue weighted by molar-refractivity contribution is 0.267. The molecule has 102 valence electrons. The third kappa shape index (κ3) is 3.68. The predicted octanol–water partition coefficient (Wildman–Crippen LogP) is 3.66. The van der Waals surface area contributed by atoms with Gasteiger partial charge in [-0.1, -0.05) is 0 Å². The molecule has 1 unspecified atom stereocenters. The summed E-state index contributed by atoms with van der Waals surface area (Å²) in [6.45, 7) is 6.72. The molecular weight excluding hydrogens is 355 g/mol. The minimum Gasteiger partial charge on any atom is -0.309 e. The van der Waals surface area contributed by atoms with Crippen LogP contribution < -0.4 is 5.32 Å². The van der Waals surface area contributed by atoms with Crippen molar-refractivity contribution >= 4 is 33.9 Å². The number of nitrogens with one attached hydrogen (secondary N) is 1. The first-order valence-corrected chi connectivity index (χ1v) is 8.69. The van der Waals surface area contributed by atoms with Gasteiger partial charge in [0.05, 0.1) is 2.88 Å². The maximum absolute atomic E-state index is 3.74. The fourth-order valence-corrected chi connectivity index (χ4v) is 4.53. The minimum absolute atomic E-state index is 0.592. The van der Waals surface area contributed by atoms with Crippen LogP contribution >= 0.6 is 33.9 Å². The molecule has 2 nitrogen and oxygen atoms in total. The van der Waals surface area contributed by atoms with E-state index in [1.165, 1.54) is 22.1 Å². The van der Waals surface area contributed by atoms with Gasteiger partial charge < -0.3 is 10.2 Å². The summed E-state index contributed by atoms with van der Waals surface area (Å²) >= 11 is 4.43. The van der Waals surface area contributed by atoms with Crippen LogP contribution in [0.3, 0.4) is 0 Å². The Labute approximate surface area is 128 Å². The average Bonchev–Trinajstić information content (AvgIpc) is 2.70. The molecule has 0 fully saturated rings. The van der Waals surface area contributed by atoms with Gasteiger partial charge in [-0.05, 0) is 74.4 Å². The highest BCUT2D eigenvalue weighted by Crippen LogP contribution is 2.36. The van der Waals surface area contributed by atoms with Crippen LogP contribution in [0.2, 0.25) is 0 Å². The molecule has 1 aromatic rings. The molecule has 18 heavy (non-hydrogen) atoms. The number of nitrogens with zero attached hydrogens (tertiary/aromatic N) is 1. The van der Waals surface area contributed by atoms with Crippen LogP contribution in [0.5, 0.6) is 0 Å². The summed E-state index contributed by atoms with van der Waals surface area (Å²) in [6, 6.07) is 3.61. The molecule has 4 heteroatoms. The summed E-state index contributed by atoms with van der Waals surface area (Å²) in [5.74, 6) is 0. The van der Waals surface area contributed by atoms with E-state index < -0.39 is 0 Å². The Morgan fingerprint density at radius 3 is 3.06 bits per heavy atom. The molecule has 1 aliphatic carbocycles. The lowest BCUT2D eigenvalue weighted by Crippen LogP contribution is -2.35. The Hall–Kier alpha value is 0.350. The Balaban J connectivity index is 1.87. The number of thiophene rings is 1. The largest absolute Gasteiger partial charge is 0.309 e. The number of hydrogen-bond acceptors (Lipinski definition) is 3. The predicted molar refractivity (Wildman–Crippen MR) is 88.5 cm³/mol. The van der Waals surface area contributed by atoms with Crippen molar-refractivity contribution in [1.29, 1.82) is 0 Å². The number of halogens is 1. The Bertz CT molecular complexity index is 389. The molecule has 1 N–H and O–H groups in total. The third-order valence-electron chi connectivity index (χ3n) is 3.82. The SMILES string of the molecule is CC(C)N(C)CCNC1CCCc2sc(I)cc21. The first-order valence-electron chi connectivity index (χ1n) is 6.79. The van der Waals surface area contributed by atoms with Gasteiger partial charge in [-0.3, -0.25) is 0 Å². The maximum atomic E-state index is 3.74. The lowest BCUT2D eigenvalue weighted by Gasteiger charge is -2.26. The summed E-state index contributed by atoms with van der Waals surface area (Å²) in [7, 11) is 2.20. The van der Waals surface area contributed by atoms with Crippen LogP contribution in [0.1, 0.15) is 43.2 Å². The van der Waals surface area contributed by atoms with Crippen molar-refractivity contribution in [3.05, 3.63) is 19.4 Å². The van der Waals surface area contributed by atoms with Crippen LogP contribution in [0.25, 0.3) is 0 Å². The molecule has 0 aromatic carbocycles. The molecule has 1 aromatic heterocycles. The van der Waals surface area contributed by atoms with E-state index in [1.807, 2.05) is 11.3 Å². The number of rotatable bonds is 5. The van der Waals surface area contributed by atoms with Gasteiger partial charge in [0.2, 0.25) is 0 Å². The van der Waals surface area contributed by atoms with Crippen molar-refractivity contribution in [3.63, 3.8) is 0 Å². The van der Waals surface area contributed by atoms with Crippen LogP contribution in [0.4, 0.5) is 0 Å². The minimum atomic E-state index is 0.592. The Morgan fingerprint density at radius 1 is 1.56 bits per heavy atom. The van der Waals surface area contributed by atoms with Gasteiger partial charge in [-0.2, -0.15) is 0 Å². The molecular formula is C14H23IN2S. The molecule has 1 aliphatic rings. The van der Waals surface area contributed by atoms with E-state index in [0.29, 0.717) is 12.1 Å². The van der Waals surface area contributed by atoms with E-state index in [1.54, 1.807) is 10.4 Å². The molecule has 0 radical (unpaired) electrons. The number of fused-ring (bicyclic) bond motifs is 1. The Morgan fingerprint density at radius 2 is 2.33 bits per heavy atom. The zero-order valence-corrected chi connectivity index (χ0v) is 14.5. The quantitative estimate of drug-likeness (QED) is 0.787. The Kier molecular flexibility index (Phi) is 5.47. The summed E-state index contributed by atoms with van der Waals surface area (Å²) < 4.78 is 1.44. The van der Waals surface area contributed by atoms with Crippen molar-refractivity contribution in [3.8, 4) is 0 Å². The van der Waals surface area contributed by atoms with Crippen molar-refractivity contribution in [2.75, 3.05) is 20.1 Å². The molecule has 0 saturated carbocycles. The molecule has 0 bridgehead atoms. The first-order chi connectivity index (χ1) is 8.58. The van der Waals surface area contributed by atoms with Crippen molar-refractivity contribution in [1.82, 2.24) is 10.2 Å². The fourth-order valence-electron chi connectivity index (χ4n) is 2.41. The van der Waals surface area contributed by atoms with Crippen LogP contribution in [0, 0.1) is 2.88 Å². The van der Waals surface area contributed by atoms with Gasteiger partial charge in [0, 0.05) is 30.1 Å². The summed E-state index contributed by atoms with van der Waals surface area (Å²) in [5.41, 5.74) is 1.57. The highest BCUT2D eigenvalue weighted by atomic mass is 127. The van der Waals surface area contributed by atoms with Gasteiger partial charge in [-0.15, -0.1) is 11.3 Å². The van der Waals surface area contributed by atoms with Gasteiger partial charge in [0.15, 0.2) is 0 Å². The second kappa shape index (κ2) is 6.68. The molecule has 0 aliphatic heterocycles. The van der Waals surface area contributed by atoms with E-state index >= 15 is 0 Å². The second-order valence-corrected chi connectivity index (χ2v) is 8.43. The van der Waals surface area contributed by atoms with E-state index in [-0.39, 0.29) is 0 Å². The van der Waals surface area contributed by atoms with Gasteiger partial charge >= 0.3 is 0 Å². The smallest absolute Gasteiger partial charge is 0.0659 e. The molecule has 2 rings (SSSR count). The molecule has 0 amide bonds. The topological polar surface area (TPSA) is 15.3 Å². The summed E-state index contributed by atoms with van der Waals surface area (Å²) in [6.07, 6.45) is 3.92. The van der Waals surface area contributed by atoms with Gasteiger partial charge in [0.25, 0.3) is 0 Å². The van der Waals surface area contributed by atoms with Crippen LogP contribution in [-0.4, -0.2) is 31.1 Å². The number of hydrogen-bond donors (Lipinski definition) is 1. The highest BCUT2D eigenvalue weighted by molar-refractivity contribution is 14.1. The molecule has 1 heterocycles. The molecule has 0 spiro atoms. The number of likely N-dealkylation sites (N-methyl/N-ethyl adjacent to an activating group) is 1. The fraction of sp³-hybridized carbons (Fsp3) is 0.714. The second-order valence-electron chi connectivity index (χ2n) is 5.40. The number of aryl methyl sites for hydroxylation is 1. The normalized spacial score (nSPS) is 19.6. The monoisotopic (exact) mass is 378 g/mol. The summed E-state index contributed by atoms with van der Waals surface area (Å²) in [5, 5.41) is 3.74. The van der Waals surface area contributed by atoms with Crippen LogP contribution in [0.15, 0.2) is 6.07 Å². The first kappa shape index (κ1) is 14.8. The van der Waals surface area contributed by atoms with Crippen molar-refractivity contribution in [2.45, 2.75) is 45.2 Å². The van der Waals surface area contributed by atoms with Crippen molar-refractivity contribution in [2.24, 2.45) is 0 Å². The van der Waals surface area contributed by atoms with Crippen LogP contribution in [-0.2, 0) is 6.42 Å². The average molecular weight is 378 g/mol. The summed E-state index contributed by atoms with van der Waals surface area (Å²) in [4.78, 5) is 4.01. The van der Waals surface area contributed by atoms with Gasteiger partial charge in [0.1, 0.15) is 0 Å². The highest BCUT2D eigenvalue weighted by Gasteiger charge is 2.22. The van der Waals surface area contributed by atoms with E-state index in [9.17, 15) is 0 Å². The van der Waals surface area contributed by atoms with E-state index in [0.717, 1.165) is 13.1 Å². The van der Waals surface area contributed by atoms with Gasteiger partial charge in [-0.25, -0.2) is 0 Å². The maximum Gasteiger partial charge on any atom is 0.0659 e. The zero-order chi connectivity index (χ0) is 13.1. The standard InChI is InChI=1S/C14H23IN2S/c1-10(2)17(3)8-7-16-12-5-4-6-13-11(12)9-14(15)18-13/h9-10,12,16H,4-8H2,1-3H3. The zero-order valence-electron chi connectivity index (χ0n) is 11.5. The van der Waals surface area contributed by atoms with E-state index in [4.69, 9.17) is 0 Å².